The van der Waals surface area contributed by atoms with E-state index in [0.717, 1.165) is 29.8 Å². The predicted molar refractivity (Wildman–Crippen MR) is 86.4 cm³/mol. The molecule has 1 aliphatic rings. The van der Waals surface area contributed by atoms with E-state index in [4.69, 9.17) is 11.5 Å². The van der Waals surface area contributed by atoms with Gasteiger partial charge >= 0.3 is 0 Å². The van der Waals surface area contributed by atoms with E-state index in [9.17, 15) is 4.79 Å². The number of thiophene rings is 1. The minimum absolute atomic E-state index is 0.376. The van der Waals surface area contributed by atoms with E-state index in [1.54, 1.807) is 0 Å². The lowest BCUT2D eigenvalue weighted by atomic mass is 10.0. The second-order valence-electron chi connectivity index (χ2n) is 6.02. The van der Waals surface area contributed by atoms with Gasteiger partial charge in [0.15, 0.2) is 0 Å². The lowest BCUT2D eigenvalue weighted by Gasteiger charge is -2.18. The van der Waals surface area contributed by atoms with E-state index < -0.39 is 5.91 Å². The molecule has 2 rings (SSSR count). The summed E-state index contributed by atoms with van der Waals surface area (Å²) in [6.07, 6.45) is 4.62. The summed E-state index contributed by atoms with van der Waals surface area (Å²) in [7, 11) is 0. The van der Waals surface area contributed by atoms with Crippen molar-refractivity contribution in [1.29, 1.82) is 0 Å². The van der Waals surface area contributed by atoms with Crippen LogP contribution in [0.2, 0.25) is 0 Å². The summed E-state index contributed by atoms with van der Waals surface area (Å²) in [5.74, 6) is 0.782. The van der Waals surface area contributed by atoms with Crippen LogP contribution in [0.1, 0.15) is 67.6 Å². The quantitative estimate of drug-likeness (QED) is 0.719. The molecule has 1 heterocycles. The van der Waals surface area contributed by atoms with Crippen LogP contribution >= 0.6 is 11.3 Å². The molecule has 2 atom stereocenters. The third-order valence-electron chi connectivity index (χ3n) is 4.02. The van der Waals surface area contributed by atoms with Crippen LogP contribution in [-0.2, 0) is 0 Å². The Balaban J connectivity index is 2.18. The maximum Gasteiger partial charge on any atom is 0.260 e. The van der Waals surface area contributed by atoms with Crippen molar-refractivity contribution >= 4 is 27.9 Å². The third kappa shape index (κ3) is 3.26. The first-order valence-corrected chi connectivity index (χ1v) is 8.24. The molecule has 0 aliphatic heterocycles. The molecule has 1 amide bonds. The van der Waals surface area contributed by atoms with Crippen molar-refractivity contribution in [3.8, 4) is 0 Å². The monoisotopic (exact) mass is 295 g/mol. The van der Waals surface area contributed by atoms with Crippen molar-refractivity contribution in [3.05, 3.63) is 10.4 Å². The Morgan fingerprint density at radius 3 is 2.60 bits per heavy atom. The molecule has 0 radical (unpaired) electrons. The highest BCUT2D eigenvalue weighted by Crippen LogP contribution is 2.50. The Morgan fingerprint density at radius 2 is 2.10 bits per heavy atom. The summed E-state index contributed by atoms with van der Waals surface area (Å²) in [4.78, 5) is 12.0. The molecule has 0 bridgehead atoms. The van der Waals surface area contributed by atoms with Crippen LogP contribution in [0.25, 0.3) is 0 Å². The zero-order valence-electron chi connectivity index (χ0n) is 12.5. The van der Waals surface area contributed by atoms with Crippen LogP contribution in [0.3, 0.4) is 0 Å². The van der Waals surface area contributed by atoms with Gasteiger partial charge in [0.25, 0.3) is 5.91 Å². The molecular formula is C15H25N3OS. The van der Waals surface area contributed by atoms with Crippen LogP contribution in [-0.4, -0.2) is 11.9 Å². The van der Waals surface area contributed by atoms with E-state index in [1.165, 1.54) is 17.8 Å². The lowest BCUT2D eigenvalue weighted by Crippen LogP contribution is -2.18. The molecule has 0 spiro atoms. The van der Waals surface area contributed by atoms with Crippen molar-refractivity contribution in [2.45, 2.75) is 58.4 Å². The van der Waals surface area contributed by atoms with E-state index >= 15 is 0 Å². The van der Waals surface area contributed by atoms with Gasteiger partial charge in [-0.05, 0) is 38.0 Å². The van der Waals surface area contributed by atoms with E-state index in [2.05, 4.69) is 26.1 Å². The summed E-state index contributed by atoms with van der Waals surface area (Å²) in [6, 6.07) is 0.376. The van der Waals surface area contributed by atoms with Crippen molar-refractivity contribution < 1.29 is 4.79 Å². The molecule has 1 saturated carbocycles. The Bertz CT molecular complexity index is 494. The number of hydrogen-bond donors (Lipinski definition) is 3. The number of hydrogen-bond acceptors (Lipinski definition) is 4. The van der Waals surface area contributed by atoms with Crippen LogP contribution in [0.5, 0.6) is 0 Å². The molecule has 1 aromatic rings. The molecule has 2 unspecified atom stereocenters. The summed E-state index contributed by atoms with van der Waals surface area (Å²) in [5.41, 5.74) is 13.3. The van der Waals surface area contributed by atoms with Gasteiger partial charge in [-0.15, -0.1) is 11.3 Å². The van der Waals surface area contributed by atoms with Gasteiger partial charge in [-0.1, -0.05) is 20.3 Å². The number of primary amides is 1. The van der Waals surface area contributed by atoms with Gasteiger partial charge in [-0.3, -0.25) is 4.79 Å². The minimum Gasteiger partial charge on any atom is -0.397 e. The topological polar surface area (TPSA) is 81.1 Å². The highest BCUT2D eigenvalue weighted by atomic mass is 32.1. The number of nitrogens with one attached hydrogen (secondary N) is 1. The number of rotatable bonds is 7. The average molecular weight is 295 g/mol. The SMILES string of the molecule is CCC(C)CC(C)Nc1sc(C(N)=O)c(N)c1C1CC1. The fraction of sp³-hybridized carbons (Fsp3) is 0.667. The maximum atomic E-state index is 11.5. The number of carbonyl (C=O) groups excluding carboxylic acids is 1. The van der Waals surface area contributed by atoms with Crippen molar-refractivity contribution in [1.82, 2.24) is 0 Å². The fourth-order valence-electron chi connectivity index (χ4n) is 2.58. The Kier molecular flexibility index (Phi) is 4.58. The molecule has 4 nitrogen and oxygen atoms in total. The number of carbonyl (C=O) groups is 1. The van der Waals surface area contributed by atoms with Crippen LogP contribution in [0.15, 0.2) is 0 Å². The molecule has 5 heteroatoms. The molecule has 0 saturated heterocycles. The molecular weight excluding hydrogens is 270 g/mol. The molecule has 5 N–H and O–H groups in total. The second-order valence-corrected chi connectivity index (χ2v) is 7.04. The van der Waals surface area contributed by atoms with E-state index in [1.807, 2.05) is 0 Å². The molecule has 112 valence electrons. The summed E-state index contributed by atoms with van der Waals surface area (Å²) in [5, 5.41) is 4.59. The zero-order valence-corrected chi connectivity index (χ0v) is 13.3. The first-order chi connectivity index (χ1) is 9.43. The van der Waals surface area contributed by atoms with Gasteiger partial charge < -0.3 is 16.8 Å². The first kappa shape index (κ1) is 15.2. The number of amides is 1. The molecule has 1 aromatic heterocycles. The summed E-state index contributed by atoms with van der Waals surface area (Å²) in [6.45, 7) is 6.65. The number of nitrogens with two attached hydrogens (primary N) is 2. The number of anilines is 2. The predicted octanol–water partition coefficient (Wildman–Crippen LogP) is 3.54. The van der Waals surface area contributed by atoms with Crippen molar-refractivity contribution in [2.75, 3.05) is 11.1 Å². The van der Waals surface area contributed by atoms with Crippen molar-refractivity contribution in [3.63, 3.8) is 0 Å². The molecule has 1 aliphatic carbocycles. The van der Waals surface area contributed by atoms with Crippen LogP contribution in [0, 0.1) is 5.92 Å². The van der Waals surface area contributed by atoms with Gasteiger partial charge in [-0.2, -0.15) is 0 Å². The first-order valence-electron chi connectivity index (χ1n) is 7.42. The normalized spacial score (nSPS) is 17.8. The minimum atomic E-state index is -0.419. The standard InChI is InChI=1S/C15H25N3OS/c1-4-8(2)7-9(3)18-15-11(10-5-6-10)12(16)13(20-15)14(17)19/h8-10,18H,4-7,16H2,1-3H3,(H2,17,19). The van der Waals surface area contributed by atoms with Gasteiger partial charge in [0.1, 0.15) is 4.88 Å². The smallest absolute Gasteiger partial charge is 0.260 e. The Hall–Kier alpha value is -1.23. The Labute approximate surface area is 124 Å². The highest BCUT2D eigenvalue weighted by Gasteiger charge is 2.32. The fourth-order valence-corrected chi connectivity index (χ4v) is 3.75. The molecule has 1 fully saturated rings. The summed E-state index contributed by atoms with van der Waals surface area (Å²) >= 11 is 1.41. The molecule has 0 aromatic carbocycles. The Morgan fingerprint density at radius 1 is 1.45 bits per heavy atom. The van der Waals surface area contributed by atoms with Gasteiger partial charge in [0, 0.05) is 11.6 Å². The lowest BCUT2D eigenvalue weighted by molar-refractivity contribution is 0.100. The van der Waals surface area contributed by atoms with Crippen LogP contribution < -0.4 is 16.8 Å². The largest absolute Gasteiger partial charge is 0.397 e. The van der Waals surface area contributed by atoms with E-state index in [0.29, 0.717) is 28.4 Å². The maximum absolute atomic E-state index is 11.5. The van der Waals surface area contributed by atoms with Crippen LogP contribution in [0.4, 0.5) is 10.7 Å². The van der Waals surface area contributed by atoms with Crippen molar-refractivity contribution in [2.24, 2.45) is 11.7 Å². The average Bonchev–Trinajstić information content (AvgIpc) is 3.14. The second kappa shape index (κ2) is 6.04. The highest BCUT2D eigenvalue weighted by molar-refractivity contribution is 7.18. The summed E-state index contributed by atoms with van der Waals surface area (Å²) < 4.78 is 0. The van der Waals surface area contributed by atoms with Gasteiger partial charge in [-0.25, -0.2) is 0 Å². The number of nitrogen functional groups attached to an aromatic ring is 1. The van der Waals surface area contributed by atoms with E-state index in [-0.39, 0.29) is 0 Å². The molecule has 20 heavy (non-hydrogen) atoms. The third-order valence-corrected chi connectivity index (χ3v) is 5.19. The van der Waals surface area contributed by atoms with Gasteiger partial charge in [0.05, 0.1) is 10.7 Å². The van der Waals surface area contributed by atoms with Gasteiger partial charge in [0.2, 0.25) is 0 Å². The zero-order chi connectivity index (χ0) is 14.9.